The number of carbonyl (C=O) groups excluding carboxylic acids is 1. The van der Waals surface area contributed by atoms with Crippen molar-refractivity contribution in [1.29, 1.82) is 0 Å². The van der Waals surface area contributed by atoms with Gasteiger partial charge in [0.15, 0.2) is 0 Å². The summed E-state index contributed by atoms with van der Waals surface area (Å²) < 4.78 is 20.5. The van der Waals surface area contributed by atoms with Gasteiger partial charge in [-0.2, -0.15) is 0 Å². The molecule has 168 valence electrons. The summed E-state index contributed by atoms with van der Waals surface area (Å²) in [6, 6.07) is 12.7. The van der Waals surface area contributed by atoms with Crippen molar-refractivity contribution >= 4 is 11.6 Å². The van der Waals surface area contributed by atoms with Crippen molar-refractivity contribution < 1.29 is 13.9 Å². The summed E-state index contributed by atoms with van der Waals surface area (Å²) in [5.41, 5.74) is 1.68. The van der Waals surface area contributed by atoms with Gasteiger partial charge in [-0.3, -0.25) is 4.79 Å². The van der Waals surface area contributed by atoms with Gasteiger partial charge >= 0.3 is 0 Å². The van der Waals surface area contributed by atoms with Gasteiger partial charge in [0, 0.05) is 45.8 Å². The number of amides is 1. The number of methoxy groups -OCH3 is 1. The standard InChI is InChI=1S/C24H33FN4O2/c1-5-29-12-11-27(2)16-19(17-29)26-24(30)20-13-21(25)22(14-23(20)31-4)28(3)15-18-9-7-6-8-10-18/h6-10,13-14,19H,5,11-12,15-17H2,1-4H3,(H,26,30). The van der Waals surface area contributed by atoms with Crippen LogP contribution in [0, 0.1) is 5.82 Å². The predicted molar refractivity (Wildman–Crippen MR) is 122 cm³/mol. The molecular formula is C24H33FN4O2. The van der Waals surface area contributed by atoms with Gasteiger partial charge in [0.1, 0.15) is 11.6 Å². The van der Waals surface area contributed by atoms with Crippen LogP contribution in [0.5, 0.6) is 5.75 Å². The molecule has 0 radical (unpaired) electrons. The maximum Gasteiger partial charge on any atom is 0.255 e. The highest BCUT2D eigenvalue weighted by Crippen LogP contribution is 2.29. The second kappa shape index (κ2) is 10.6. The van der Waals surface area contributed by atoms with Crippen molar-refractivity contribution in [2.45, 2.75) is 19.5 Å². The summed E-state index contributed by atoms with van der Waals surface area (Å²) in [6.45, 7) is 7.06. The summed E-state index contributed by atoms with van der Waals surface area (Å²) in [4.78, 5) is 19.4. The number of nitrogens with one attached hydrogen (secondary N) is 1. The number of hydrogen-bond acceptors (Lipinski definition) is 5. The molecule has 1 fully saturated rings. The zero-order valence-electron chi connectivity index (χ0n) is 18.9. The van der Waals surface area contributed by atoms with Crippen LogP contribution in [0.2, 0.25) is 0 Å². The maximum absolute atomic E-state index is 15.0. The van der Waals surface area contributed by atoms with Gasteiger partial charge in [0.2, 0.25) is 0 Å². The average Bonchev–Trinajstić information content (AvgIpc) is 2.94. The third kappa shape index (κ3) is 5.95. The zero-order valence-corrected chi connectivity index (χ0v) is 18.9. The number of benzene rings is 2. The van der Waals surface area contributed by atoms with Crippen molar-refractivity contribution in [1.82, 2.24) is 15.1 Å². The highest BCUT2D eigenvalue weighted by atomic mass is 19.1. The lowest BCUT2D eigenvalue weighted by molar-refractivity contribution is 0.0921. The average molecular weight is 429 g/mol. The molecule has 0 aliphatic carbocycles. The topological polar surface area (TPSA) is 48.0 Å². The fourth-order valence-electron chi connectivity index (χ4n) is 4.01. The molecule has 1 heterocycles. The van der Waals surface area contributed by atoms with Gasteiger partial charge in [0.05, 0.1) is 24.4 Å². The monoisotopic (exact) mass is 428 g/mol. The summed E-state index contributed by atoms with van der Waals surface area (Å²) in [5, 5.41) is 3.08. The predicted octanol–water partition coefficient (Wildman–Crippen LogP) is 2.84. The number of hydrogen-bond donors (Lipinski definition) is 1. The Hall–Kier alpha value is -2.64. The van der Waals surface area contributed by atoms with Crippen molar-refractivity contribution in [3.8, 4) is 5.75 Å². The Kier molecular flexibility index (Phi) is 7.87. The minimum Gasteiger partial charge on any atom is -0.496 e. The molecule has 1 aliphatic heterocycles. The van der Waals surface area contributed by atoms with Gasteiger partial charge < -0.3 is 24.8 Å². The molecule has 6 nitrogen and oxygen atoms in total. The Bertz CT molecular complexity index is 877. The van der Waals surface area contributed by atoms with E-state index in [1.54, 1.807) is 6.07 Å². The Balaban J connectivity index is 1.77. The van der Waals surface area contributed by atoms with Crippen LogP contribution >= 0.6 is 0 Å². The summed E-state index contributed by atoms with van der Waals surface area (Å²) in [7, 11) is 5.38. The molecule has 2 aromatic carbocycles. The molecule has 1 amide bonds. The fourth-order valence-corrected chi connectivity index (χ4v) is 4.01. The van der Waals surface area contributed by atoms with Gasteiger partial charge in [-0.05, 0) is 25.2 Å². The Labute approximate surface area is 184 Å². The van der Waals surface area contributed by atoms with Crippen LogP contribution in [0.25, 0.3) is 0 Å². The third-order valence-electron chi connectivity index (χ3n) is 5.78. The van der Waals surface area contributed by atoms with Crippen LogP contribution in [-0.4, -0.2) is 75.7 Å². The number of anilines is 1. The molecule has 0 spiro atoms. The van der Waals surface area contributed by atoms with Crippen LogP contribution in [0.1, 0.15) is 22.8 Å². The van der Waals surface area contributed by atoms with Crippen molar-refractivity contribution in [3.63, 3.8) is 0 Å². The Morgan fingerprint density at radius 2 is 1.97 bits per heavy atom. The van der Waals surface area contributed by atoms with Crippen molar-refractivity contribution in [2.75, 3.05) is 58.8 Å². The second-order valence-corrected chi connectivity index (χ2v) is 8.17. The Morgan fingerprint density at radius 1 is 1.23 bits per heavy atom. The molecule has 0 bridgehead atoms. The normalized spacial score (nSPS) is 17.8. The van der Waals surface area contributed by atoms with Gasteiger partial charge in [0.25, 0.3) is 5.91 Å². The van der Waals surface area contributed by atoms with E-state index < -0.39 is 5.82 Å². The third-order valence-corrected chi connectivity index (χ3v) is 5.78. The van der Waals surface area contributed by atoms with Gasteiger partial charge in [-0.1, -0.05) is 37.3 Å². The lowest BCUT2D eigenvalue weighted by atomic mass is 10.1. The summed E-state index contributed by atoms with van der Waals surface area (Å²) >= 11 is 0. The summed E-state index contributed by atoms with van der Waals surface area (Å²) in [5.74, 6) is -0.398. The van der Waals surface area contributed by atoms with Crippen molar-refractivity contribution in [2.24, 2.45) is 0 Å². The quantitative estimate of drug-likeness (QED) is 0.735. The molecule has 31 heavy (non-hydrogen) atoms. The van der Waals surface area contributed by atoms with E-state index in [0.29, 0.717) is 18.0 Å². The van der Waals surface area contributed by atoms with E-state index in [0.717, 1.165) is 38.3 Å². The number of halogens is 1. The van der Waals surface area contributed by atoms with Gasteiger partial charge in [-0.25, -0.2) is 4.39 Å². The summed E-state index contributed by atoms with van der Waals surface area (Å²) in [6.07, 6.45) is 0. The first-order chi connectivity index (χ1) is 14.9. The number of ether oxygens (including phenoxy) is 1. The van der Waals surface area contributed by atoms with E-state index >= 15 is 4.39 Å². The number of nitrogens with zero attached hydrogens (tertiary/aromatic N) is 3. The molecule has 0 aromatic heterocycles. The molecule has 1 unspecified atom stereocenters. The van der Waals surface area contributed by atoms with Crippen LogP contribution in [0.3, 0.4) is 0 Å². The smallest absolute Gasteiger partial charge is 0.255 e. The van der Waals surface area contributed by atoms with E-state index in [1.807, 2.05) is 42.3 Å². The van der Waals surface area contributed by atoms with Crippen LogP contribution in [-0.2, 0) is 6.54 Å². The van der Waals surface area contributed by atoms with E-state index in [4.69, 9.17) is 4.74 Å². The molecule has 1 N–H and O–H groups in total. The van der Waals surface area contributed by atoms with Crippen LogP contribution < -0.4 is 15.0 Å². The Morgan fingerprint density at radius 3 is 2.65 bits per heavy atom. The molecule has 1 aliphatic rings. The first kappa shape index (κ1) is 23.0. The van der Waals surface area contributed by atoms with Crippen LogP contribution in [0.15, 0.2) is 42.5 Å². The molecule has 1 atom stereocenters. The van der Waals surface area contributed by atoms with Crippen LogP contribution in [0.4, 0.5) is 10.1 Å². The van der Waals surface area contributed by atoms with E-state index in [2.05, 4.69) is 29.1 Å². The first-order valence-corrected chi connectivity index (χ1v) is 10.8. The lowest BCUT2D eigenvalue weighted by Gasteiger charge is -2.25. The molecule has 0 saturated carbocycles. The molecular weight excluding hydrogens is 395 g/mol. The largest absolute Gasteiger partial charge is 0.496 e. The fraction of sp³-hybridized carbons (Fsp3) is 0.458. The molecule has 3 rings (SSSR count). The highest BCUT2D eigenvalue weighted by molar-refractivity contribution is 5.97. The molecule has 1 saturated heterocycles. The van der Waals surface area contributed by atoms with E-state index in [-0.39, 0.29) is 17.5 Å². The first-order valence-electron chi connectivity index (χ1n) is 10.8. The minimum absolute atomic E-state index is 0.0341. The zero-order chi connectivity index (χ0) is 22.4. The maximum atomic E-state index is 15.0. The van der Waals surface area contributed by atoms with Gasteiger partial charge in [-0.15, -0.1) is 0 Å². The second-order valence-electron chi connectivity index (χ2n) is 8.17. The van der Waals surface area contributed by atoms with E-state index in [9.17, 15) is 4.79 Å². The molecule has 7 heteroatoms. The molecule has 2 aromatic rings. The number of rotatable bonds is 7. The lowest BCUT2D eigenvalue weighted by Crippen LogP contribution is -2.46. The minimum atomic E-state index is -0.447. The SMILES string of the molecule is CCN1CCN(C)CC(NC(=O)c2cc(F)c(N(C)Cc3ccccc3)cc2OC)C1. The van der Waals surface area contributed by atoms with E-state index in [1.165, 1.54) is 13.2 Å². The number of carbonyl (C=O) groups is 1. The highest BCUT2D eigenvalue weighted by Gasteiger charge is 2.24. The number of likely N-dealkylation sites (N-methyl/N-ethyl adjacent to an activating group) is 2. The van der Waals surface area contributed by atoms with Crippen molar-refractivity contribution in [3.05, 3.63) is 59.4 Å².